The maximum Gasteiger partial charge on any atom is 0.238 e. The van der Waals surface area contributed by atoms with Crippen LogP contribution in [0.3, 0.4) is 0 Å². The van der Waals surface area contributed by atoms with Gasteiger partial charge in [-0.2, -0.15) is 0 Å². The van der Waals surface area contributed by atoms with Crippen molar-refractivity contribution in [2.24, 2.45) is 0 Å². The van der Waals surface area contributed by atoms with Crippen LogP contribution in [0, 0.1) is 5.82 Å². The normalized spacial score (nSPS) is 10.7. The van der Waals surface area contributed by atoms with Gasteiger partial charge in [-0.05, 0) is 23.8 Å². The molecule has 4 nitrogen and oxygen atoms in total. The van der Waals surface area contributed by atoms with Crippen molar-refractivity contribution in [1.29, 1.82) is 0 Å². The van der Waals surface area contributed by atoms with Gasteiger partial charge in [-0.25, -0.2) is 4.39 Å². The number of carbonyl (C=O) groups is 1. The van der Waals surface area contributed by atoms with E-state index >= 15 is 0 Å². The van der Waals surface area contributed by atoms with E-state index in [1.54, 1.807) is 12.1 Å². The second kappa shape index (κ2) is 8.26. The standard InChI is InChI=1S/C17H19FN2O2/c18-15-7-4-8-16(11-15)19-17(22)13-20(9-10-21)12-14-5-2-1-3-6-14/h1-8,11,21H,9-10,12-13H2,(H,19,22). The Morgan fingerprint density at radius 1 is 1.14 bits per heavy atom. The van der Waals surface area contributed by atoms with Gasteiger partial charge in [0.1, 0.15) is 5.82 Å². The third kappa shape index (κ3) is 5.27. The molecule has 0 bridgehead atoms. The Bertz CT molecular complexity index is 605. The Morgan fingerprint density at radius 2 is 1.91 bits per heavy atom. The van der Waals surface area contributed by atoms with Gasteiger partial charge in [-0.1, -0.05) is 36.4 Å². The monoisotopic (exact) mass is 302 g/mol. The van der Waals surface area contributed by atoms with E-state index in [1.165, 1.54) is 12.1 Å². The van der Waals surface area contributed by atoms with Gasteiger partial charge in [0, 0.05) is 18.8 Å². The fraction of sp³-hybridized carbons (Fsp3) is 0.235. The average Bonchev–Trinajstić information content (AvgIpc) is 2.48. The minimum atomic E-state index is -0.394. The summed E-state index contributed by atoms with van der Waals surface area (Å²) in [5, 5.41) is 11.8. The molecule has 0 saturated carbocycles. The third-order valence-electron chi connectivity index (χ3n) is 3.14. The van der Waals surface area contributed by atoms with E-state index in [1.807, 2.05) is 35.2 Å². The lowest BCUT2D eigenvalue weighted by atomic mass is 10.2. The molecule has 2 N–H and O–H groups in total. The number of nitrogens with one attached hydrogen (secondary N) is 1. The third-order valence-corrected chi connectivity index (χ3v) is 3.14. The number of hydrogen-bond acceptors (Lipinski definition) is 3. The maximum atomic E-state index is 13.1. The van der Waals surface area contributed by atoms with Gasteiger partial charge in [-0.3, -0.25) is 9.69 Å². The molecule has 0 fully saturated rings. The summed E-state index contributed by atoms with van der Waals surface area (Å²) >= 11 is 0. The highest BCUT2D eigenvalue weighted by Gasteiger charge is 2.11. The predicted molar refractivity (Wildman–Crippen MR) is 83.8 cm³/mol. The first-order chi connectivity index (χ1) is 10.7. The van der Waals surface area contributed by atoms with Crippen LogP contribution in [-0.4, -0.2) is 35.6 Å². The molecule has 2 aromatic rings. The first-order valence-corrected chi connectivity index (χ1v) is 7.10. The van der Waals surface area contributed by atoms with Crippen LogP contribution < -0.4 is 5.32 Å². The lowest BCUT2D eigenvalue weighted by Crippen LogP contribution is -2.34. The molecule has 0 radical (unpaired) electrons. The van der Waals surface area contributed by atoms with Gasteiger partial charge in [-0.15, -0.1) is 0 Å². The van der Waals surface area contributed by atoms with Crippen LogP contribution in [0.25, 0.3) is 0 Å². The fourth-order valence-electron chi connectivity index (χ4n) is 2.17. The zero-order valence-corrected chi connectivity index (χ0v) is 12.2. The highest BCUT2D eigenvalue weighted by molar-refractivity contribution is 5.92. The Labute approximate surface area is 129 Å². The molecule has 5 heteroatoms. The van der Waals surface area contributed by atoms with E-state index in [-0.39, 0.29) is 19.1 Å². The van der Waals surface area contributed by atoms with Gasteiger partial charge >= 0.3 is 0 Å². The van der Waals surface area contributed by atoms with Crippen molar-refractivity contribution in [3.05, 3.63) is 66.0 Å². The number of halogens is 1. The number of aliphatic hydroxyl groups is 1. The van der Waals surface area contributed by atoms with E-state index in [9.17, 15) is 9.18 Å². The van der Waals surface area contributed by atoms with Crippen LogP contribution in [0.15, 0.2) is 54.6 Å². The van der Waals surface area contributed by atoms with Crippen molar-refractivity contribution in [2.45, 2.75) is 6.54 Å². The summed E-state index contributed by atoms with van der Waals surface area (Å²) in [6.45, 7) is 1.06. The Balaban J connectivity index is 1.93. The van der Waals surface area contributed by atoms with Gasteiger partial charge in [0.25, 0.3) is 0 Å². The molecule has 0 atom stereocenters. The molecular formula is C17H19FN2O2. The minimum absolute atomic E-state index is 0.0277. The van der Waals surface area contributed by atoms with Crippen LogP contribution in [0.4, 0.5) is 10.1 Å². The molecule has 0 aliphatic carbocycles. The molecule has 0 aliphatic heterocycles. The second-order valence-corrected chi connectivity index (χ2v) is 4.98. The number of anilines is 1. The van der Waals surface area contributed by atoms with Crippen LogP contribution >= 0.6 is 0 Å². The van der Waals surface area contributed by atoms with Crippen molar-refractivity contribution in [1.82, 2.24) is 4.90 Å². The number of carbonyl (C=O) groups excluding carboxylic acids is 1. The van der Waals surface area contributed by atoms with Gasteiger partial charge < -0.3 is 10.4 Å². The van der Waals surface area contributed by atoms with Crippen molar-refractivity contribution in [2.75, 3.05) is 25.0 Å². The largest absolute Gasteiger partial charge is 0.395 e. The number of aliphatic hydroxyl groups excluding tert-OH is 1. The summed E-state index contributed by atoms with van der Waals surface area (Å²) in [6.07, 6.45) is 0. The highest BCUT2D eigenvalue weighted by Crippen LogP contribution is 2.09. The first-order valence-electron chi connectivity index (χ1n) is 7.10. The molecule has 1 amide bonds. The quantitative estimate of drug-likeness (QED) is 0.825. The highest BCUT2D eigenvalue weighted by atomic mass is 19.1. The number of hydrogen-bond donors (Lipinski definition) is 2. The Morgan fingerprint density at radius 3 is 2.59 bits per heavy atom. The van der Waals surface area contributed by atoms with Gasteiger partial charge in [0.15, 0.2) is 0 Å². The van der Waals surface area contributed by atoms with Gasteiger partial charge in [0.2, 0.25) is 5.91 Å². The Kier molecular flexibility index (Phi) is 6.06. The number of benzene rings is 2. The van der Waals surface area contributed by atoms with E-state index in [2.05, 4.69) is 5.32 Å². The second-order valence-electron chi connectivity index (χ2n) is 4.98. The van der Waals surface area contributed by atoms with Crippen molar-refractivity contribution < 1.29 is 14.3 Å². The molecule has 2 rings (SSSR count). The summed E-state index contributed by atoms with van der Waals surface area (Å²) in [5.41, 5.74) is 1.49. The zero-order valence-electron chi connectivity index (χ0n) is 12.2. The molecule has 2 aromatic carbocycles. The van der Waals surface area contributed by atoms with Crippen molar-refractivity contribution >= 4 is 11.6 Å². The number of amides is 1. The van der Waals surface area contributed by atoms with Crippen LogP contribution in [0.1, 0.15) is 5.56 Å². The molecule has 0 spiro atoms. The summed E-state index contributed by atoms with van der Waals surface area (Å²) in [6, 6.07) is 15.5. The number of rotatable bonds is 7. The van der Waals surface area contributed by atoms with Crippen LogP contribution in [-0.2, 0) is 11.3 Å². The van der Waals surface area contributed by atoms with Crippen LogP contribution in [0.5, 0.6) is 0 Å². The lowest BCUT2D eigenvalue weighted by molar-refractivity contribution is -0.117. The zero-order chi connectivity index (χ0) is 15.8. The maximum absolute atomic E-state index is 13.1. The molecule has 0 aromatic heterocycles. The van der Waals surface area contributed by atoms with Crippen LogP contribution in [0.2, 0.25) is 0 Å². The van der Waals surface area contributed by atoms with E-state index in [4.69, 9.17) is 5.11 Å². The molecule has 0 saturated heterocycles. The predicted octanol–water partition coefficient (Wildman–Crippen LogP) is 2.26. The average molecular weight is 302 g/mol. The molecule has 0 heterocycles. The summed E-state index contributed by atoms with van der Waals surface area (Å²) < 4.78 is 13.1. The molecule has 22 heavy (non-hydrogen) atoms. The SMILES string of the molecule is O=C(CN(CCO)Cc1ccccc1)Nc1cccc(F)c1. The fourth-order valence-corrected chi connectivity index (χ4v) is 2.17. The van der Waals surface area contributed by atoms with E-state index in [0.29, 0.717) is 18.8 Å². The molecule has 0 aliphatic rings. The molecular weight excluding hydrogens is 283 g/mol. The molecule has 0 unspecified atom stereocenters. The summed E-state index contributed by atoms with van der Waals surface area (Å²) in [4.78, 5) is 13.9. The van der Waals surface area contributed by atoms with Crippen molar-refractivity contribution in [3.8, 4) is 0 Å². The van der Waals surface area contributed by atoms with E-state index < -0.39 is 5.82 Å². The first kappa shape index (κ1) is 16.1. The van der Waals surface area contributed by atoms with E-state index in [0.717, 1.165) is 5.56 Å². The molecule has 116 valence electrons. The minimum Gasteiger partial charge on any atom is -0.395 e. The summed E-state index contributed by atoms with van der Waals surface area (Å²) in [7, 11) is 0. The summed E-state index contributed by atoms with van der Waals surface area (Å²) in [5.74, 6) is -0.635. The Hall–Kier alpha value is -2.24. The number of nitrogens with zero attached hydrogens (tertiary/aromatic N) is 1. The van der Waals surface area contributed by atoms with Gasteiger partial charge in [0.05, 0.1) is 13.2 Å². The smallest absolute Gasteiger partial charge is 0.238 e. The van der Waals surface area contributed by atoms with Crippen molar-refractivity contribution in [3.63, 3.8) is 0 Å². The lowest BCUT2D eigenvalue weighted by Gasteiger charge is -2.20. The topological polar surface area (TPSA) is 52.6 Å².